The molecule has 0 unspecified atom stereocenters. The molecule has 1 N–H and O–H groups in total. The molecule has 1 aliphatic heterocycles. The largest absolute Gasteiger partial charge is 0.380 e. The van der Waals surface area contributed by atoms with Crippen molar-refractivity contribution in [3.63, 3.8) is 0 Å². The molecule has 1 aromatic carbocycles. The van der Waals surface area contributed by atoms with E-state index in [2.05, 4.69) is 40.8 Å². The van der Waals surface area contributed by atoms with Crippen LogP contribution in [0.5, 0.6) is 0 Å². The van der Waals surface area contributed by atoms with Crippen LogP contribution in [0.4, 0.5) is 5.82 Å². The van der Waals surface area contributed by atoms with Crippen molar-refractivity contribution < 1.29 is 17.9 Å². The number of pyridine rings is 1. The van der Waals surface area contributed by atoms with Crippen LogP contribution in [0.2, 0.25) is 0 Å². The lowest BCUT2D eigenvalue weighted by molar-refractivity contribution is 0.0956. The normalized spacial score (nSPS) is 18.2. The quantitative estimate of drug-likeness (QED) is 0.415. The second-order valence-electron chi connectivity index (χ2n) is 9.46. The fraction of sp³-hybridized carbons (Fsp3) is 0.500. The molecule has 3 aromatic rings. The number of nitrogens with zero attached hydrogens (tertiary/aromatic N) is 4. The molecule has 36 heavy (non-hydrogen) atoms. The van der Waals surface area contributed by atoms with E-state index in [4.69, 9.17) is 14.7 Å². The lowest BCUT2D eigenvalue weighted by Crippen LogP contribution is -2.33. The number of anilines is 1. The molecule has 1 amide bonds. The van der Waals surface area contributed by atoms with Gasteiger partial charge in [0.05, 0.1) is 23.4 Å². The maximum absolute atomic E-state index is 12.6. The molecular weight excluding hydrogens is 478 g/mol. The summed E-state index contributed by atoms with van der Waals surface area (Å²) in [5, 5.41) is 2.67. The number of rotatable bonds is 10. The van der Waals surface area contributed by atoms with Gasteiger partial charge < -0.3 is 19.5 Å². The molecular formula is C26H35N5O4S. The molecule has 1 saturated heterocycles. The van der Waals surface area contributed by atoms with E-state index >= 15 is 0 Å². The zero-order chi connectivity index (χ0) is 25.9. The van der Waals surface area contributed by atoms with E-state index in [0.29, 0.717) is 42.9 Å². The molecule has 2 aromatic heterocycles. The molecule has 0 saturated carbocycles. The van der Waals surface area contributed by atoms with E-state index < -0.39 is 9.84 Å². The number of amides is 1. The molecule has 1 fully saturated rings. The van der Waals surface area contributed by atoms with Gasteiger partial charge in [-0.1, -0.05) is 0 Å². The van der Waals surface area contributed by atoms with Crippen molar-refractivity contribution in [1.29, 1.82) is 0 Å². The van der Waals surface area contributed by atoms with Crippen LogP contribution in [0.25, 0.3) is 22.4 Å². The Kier molecular flexibility index (Phi) is 7.94. The van der Waals surface area contributed by atoms with Gasteiger partial charge in [-0.2, -0.15) is 0 Å². The summed E-state index contributed by atoms with van der Waals surface area (Å²) in [5.41, 5.74) is 2.90. The van der Waals surface area contributed by atoms with E-state index in [1.165, 1.54) is 12.8 Å². The van der Waals surface area contributed by atoms with Crippen molar-refractivity contribution in [1.82, 2.24) is 19.9 Å². The van der Waals surface area contributed by atoms with Crippen molar-refractivity contribution in [3.05, 3.63) is 42.1 Å². The van der Waals surface area contributed by atoms with Gasteiger partial charge in [0.25, 0.3) is 5.91 Å². The van der Waals surface area contributed by atoms with Crippen LogP contribution in [0.1, 0.15) is 44.0 Å². The summed E-state index contributed by atoms with van der Waals surface area (Å²) in [6.07, 6.45) is 5.35. The second kappa shape index (κ2) is 11.0. The summed E-state index contributed by atoms with van der Waals surface area (Å²) in [6, 6.07) is 10.4. The first-order chi connectivity index (χ1) is 17.2. The topological polar surface area (TPSA) is 106 Å². The first-order valence-corrected chi connectivity index (χ1v) is 14.5. The van der Waals surface area contributed by atoms with Crippen LogP contribution < -0.4 is 10.2 Å². The molecule has 1 aliphatic rings. The number of fused-ring (bicyclic) bond motifs is 1. The van der Waals surface area contributed by atoms with Crippen LogP contribution in [-0.4, -0.2) is 72.7 Å². The number of hydrogen-bond acceptors (Lipinski definition) is 7. The SMILES string of the molecule is CCOCCn1c(-c2ccc(N3[C@@H](C)CC[C@@H]3C)nc2)nc2cc(C(=O)NCCS(C)(=O)=O)ccc21. The first kappa shape index (κ1) is 26.1. The molecule has 0 radical (unpaired) electrons. The zero-order valence-electron chi connectivity index (χ0n) is 21.4. The van der Waals surface area contributed by atoms with Gasteiger partial charge in [-0.3, -0.25) is 4.79 Å². The Morgan fingerprint density at radius 3 is 2.56 bits per heavy atom. The minimum Gasteiger partial charge on any atom is -0.380 e. The van der Waals surface area contributed by atoms with E-state index in [9.17, 15) is 13.2 Å². The second-order valence-corrected chi connectivity index (χ2v) is 11.7. The highest BCUT2D eigenvalue weighted by Gasteiger charge is 2.28. The third kappa shape index (κ3) is 5.87. The van der Waals surface area contributed by atoms with Gasteiger partial charge in [0.1, 0.15) is 21.5 Å². The molecule has 194 valence electrons. The predicted molar refractivity (Wildman–Crippen MR) is 142 cm³/mol. The van der Waals surface area contributed by atoms with Crippen LogP contribution >= 0.6 is 0 Å². The summed E-state index contributed by atoms with van der Waals surface area (Å²) >= 11 is 0. The number of aromatic nitrogens is 3. The van der Waals surface area contributed by atoms with Crippen LogP contribution in [0.3, 0.4) is 0 Å². The molecule has 0 aliphatic carbocycles. The van der Waals surface area contributed by atoms with Gasteiger partial charge >= 0.3 is 0 Å². The van der Waals surface area contributed by atoms with E-state index in [1.54, 1.807) is 12.1 Å². The number of carbonyl (C=O) groups excluding carboxylic acids is 1. The van der Waals surface area contributed by atoms with Crippen molar-refractivity contribution in [2.45, 2.75) is 52.2 Å². The van der Waals surface area contributed by atoms with Gasteiger partial charge in [0, 0.05) is 55.4 Å². The van der Waals surface area contributed by atoms with E-state index in [1.807, 2.05) is 19.2 Å². The molecule has 0 bridgehead atoms. The van der Waals surface area contributed by atoms with Gasteiger partial charge in [-0.25, -0.2) is 18.4 Å². The first-order valence-electron chi connectivity index (χ1n) is 12.5. The fourth-order valence-corrected chi connectivity index (χ4v) is 5.26. The summed E-state index contributed by atoms with van der Waals surface area (Å²) in [7, 11) is -3.15. The smallest absolute Gasteiger partial charge is 0.251 e. The summed E-state index contributed by atoms with van der Waals surface area (Å²) in [4.78, 5) is 24.6. The lowest BCUT2D eigenvalue weighted by atomic mass is 10.2. The average molecular weight is 514 g/mol. The maximum atomic E-state index is 12.6. The molecule has 0 spiro atoms. The third-order valence-corrected chi connectivity index (χ3v) is 7.60. The van der Waals surface area contributed by atoms with Crippen molar-refractivity contribution >= 4 is 32.6 Å². The monoisotopic (exact) mass is 513 g/mol. The fourth-order valence-electron chi connectivity index (χ4n) is 4.79. The number of hydrogen-bond donors (Lipinski definition) is 1. The lowest BCUT2D eigenvalue weighted by Gasteiger charge is -2.27. The number of nitrogens with one attached hydrogen (secondary N) is 1. The Morgan fingerprint density at radius 1 is 1.17 bits per heavy atom. The van der Waals surface area contributed by atoms with Crippen LogP contribution in [0, 0.1) is 0 Å². The van der Waals surface area contributed by atoms with E-state index in [-0.39, 0.29) is 18.2 Å². The average Bonchev–Trinajstić information content (AvgIpc) is 3.37. The number of sulfone groups is 1. The minimum atomic E-state index is -3.15. The van der Waals surface area contributed by atoms with Gasteiger partial charge in [-0.15, -0.1) is 0 Å². The molecule has 3 heterocycles. The Bertz CT molecular complexity index is 1310. The highest BCUT2D eigenvalue weighted by Crippen LogP contribution is 2.31. The number of benzene rings is 1. The summed E-state index contributed by atoms with van der Waals surface area (Å²) in [5.74, 6) is 1.31. The third-order valence-electron chi connectivity index (χ3n) is 6.65. The maximum Gasteiger partial charge on any atom is 0.251 e. The predicted octanol–water partition coefficient (Wildman–Crippen LogP) is 3.29. The molecule has 4 rings (SSSR count). The van der Waals surface area contributed by atoms with Crippen molar-refractivity contribution in [2.24, 2.45) is 0 Å². The van der Waals surface area contributed by atoms with Gasteiger partial charge in [0.2, 0.25) is 0 Å². The Hall–Kier alpha value is -2.98. The van der Waals surface area contributed by atoms with Crippen molar-refractivity contribution in [3.8, 4) is 11.4 Å². The Labute approximate surface area is 212 Å². The highest BCUT2D eigenvalue weighted by molar-refractivity contribution is 7.90. The highest BCUT2D eigenvalue weighted by atomic mass is 32.2. The Morgan fingerprint density at radius 2 is 1.92 bits per heavy atom. The standard InChI is InChI=1S/C26H35N5O4S/c1-5-35-14-13-30-23-10-8-20(26(32)27-12-15-36(4,33)34)16-22(23)29-25(30)21-9-11-24(28-17-21)31-18(2)6-7-19(31)3/h8-11,16-19H,5-7,12-15H2,1-4H3,(H,27,32)/t18-,19-/m0/s1. The number of carbonyl (C=O) groups is 1. The van der Waals surface area contributed by atoms with Gasteiger partial charge in [-0.05, 0) is 63.9 Å². The van der Waals surface area contributed by atoms with Crippen molar-refractivity contribution in [2.75, 3.05) is 36.7 Å². The van der Waals surface area contributed by atoms with Gasteiger partial charge in [0.15, 0.2) is 0 Å². The van der Waals surface area contributed by atoms with Crippen LogP contribution in [-0.2, 0) is 21.1 Å². The Balaban J connectivity index is 1.63. The zero-order valence-corrected chi connectivity index (χ0v) is 22.2. The number of imidazole rings is 1. The number of ether oxygens (including phenoxy) is 1. The van der Waals surface area contributed by atoms with Crippen LogP contribution in [0.15, 0.2) is 36.5 Å². The summed E-state index contributed by atoms with van der Waals surface area (Å²) in [6.45, 7) is 8.28. The summed E-state index contributed by atoms with van der Waals surface area (Å²) < 4.78 is 30.4. The minimum absolute atomic E-state index is 0.0655. The molecule has 9 nitrogen and oxygen atoms in total. The van der Waals surface area contributed by atoms with E-state index in [0.717, 1.165) is 29.0 Å². The molecule has 10 heteroatoms. The molecule has 2 atom stereocenters.